The van der Waals surface area contributed by atoms with Crippen LogP contribution >= 0.6 is 15.9 Å². The van der Waals surface area contributed by atoms with Crippen molar-refractivity contribution in [2.45, 2.75) is 25.8 Å². The number of carbonyl (C=O) groups excluding carboxylic acids is 2. The fourth-order valence-corrected chi connectivity index (χ4v) is 3.15. The van der Waals surface area contributed by atoms with Crippen molar-refractivity contribution in [3.63, 3.8) is 0 Å². The smallest absolute Gasteiger partial charge is 0.247 e. The van der Waals surface area contributed by atoms with Gasteiger partial charge in [0.15, 0.2) is 5.78 Å². The molecule has 1 N–H and O–H groups in total. The Labute approximate surface area is 131 Å². The number of hydrogen-bond donors (Lipinski definition) is 1. The number of nitrogens with one attached hydrogen (secondary N) is 1. The van der Waals surface area contributed by atoms with Crippen molar-refractivity contribution >= 4 is 33.3 Å². The Morgan fingerprint density at radius 3 is 2.95 bits per heavy atom. The van der Waals surface area contributed by atoms with Crippen LogP contribution in [-0.4, -0.2) is 16.3 Å². The Morgan fingerprint density at radius 2 is 2.19 bits per heavy atom. The second-order valence-corrected chi connectivity index (χ2v) is 6.14. The molecule has 0 saturated heterocycles. The van der Waals surface area contributed by atoms with Gasteiger partial charge in [0.25, 0.3) is 0 Å². The van der Waals surface area contributed by atoms with Crippen LogP contribution in [0.2, 0.25) is 0 Å². The minimum absolute atomic E-state index is 0.0784. The Morgan fingerprint density at radius 1 is 1.38 bits per heavy atom. The molecule has 1 aromatic carbocycles. The van der Waals surface area contributed by atoms with Gasteiger partial charge in [-0.05, 0) is 49.2 Å². The first-order valence-electron chi connectivity index (χ1n) is 6.83. The van der Waals surface area contributed by atoms with E-state index >= 15 is 0 Å². The maximum absolute atomic E-state index is 12.5. The highest BCUT2D eigenvalue weighted by Crippen LogP contribution is 2.27. The molecular formula is C16H15BrN2O2. The van der Waals surface area contributed by atoms with E-state index in [9.17, 15) is 9.59 Å². The molecule has 1 aromatic heterocycles. The number of amides is 1. The predicted octanol–water partition coefficient (Wildman–Crippen LogP) is 3.72. The van der Waals surface area contributed by atoms with Crippen molar-refractivity contribution in [1.29, 1.82) is 0 Å². The second-order valence-electron chi connectivity index (χ2n) is 5.23. The molecule has 21 heavy (non-hydrogen) atoms. The first kappa shape index (κ1) is 14.1. The molecule has 0 spiro atoms. The number of fused-ring (bicyclic) bond motifs is 1. The van der Waals surface area contributed by atoms with Crippen LogP contribution in [0.15, 0.2) is 41.0 Å². The fourth-order valence-electron chi connectivity index (χ4n) is 2.68. The van der Waals surface area contributed by atoms with E-state index in [1.165, 1.54) is 0 Å². The Kier molecular flexibility index (Phi) is 3.68. The third kappa shape index (κ3) is 2.65. The number of benzene rings is 1. The summed E-state index contributed by atoms with van der Waals surface area (Å²) in [6, 6.07) is 8.99. The monoisotopic (exact) mass is 346 g/mol. The number of carbonyl (C=O) groups is 2. The summed E-state index contributed by atoms with van der Waals surface area (Å²) in [4.78, 5) is 24.3. The van der Waals surface area contributed by atoms with E-state index in [1.807, 2.05) is 31.2 Å². The van der Waals surface area contributed by atoms with Crippen LogP contribution in [0.1, 0.15) is 34.9 Å². The lowest BCUT2D eigenvalue weighted by Gasteiger charge is -2.25. The number of Topliss-reactive ketones (excluding diaryl/α,β-unsaturated/α-hetero) is 1. The minimum Gasteiger partial charge on any atom is -0.333 e. The molecule has 0 bridgehead atoms. The van der Waals surface area contributed by atoms with Crippen LogP contribution in [0.5, 0.6) is 0 Å². The molecule has 5 heteroatoms. The van der Waals surface area contributed by atoms with Gasteiger partial charge >= 0.3 is 0 Å². The van der Waals surface area contributed by atoms with Gasteiger partial charge in [0, 0.05) is 22.8 Å². The SMILES string of the molecule is Cc1cc(Br)ccc1NC(=O)C1CCC(=O)c2cccn21. The molecule has 108 valence electrons. The van der Waals surface area contributed by atoms with Crippen LogP contribution in [0.25, 0.3) is 0 Å². The van der Waals surface area contributed by atoms with E-state index in [-0.39, 0.29) is 17.7 Å². The van der Waals surface area contributed by atoms with E-state index < -0.39 is 0 Å². The molecule has 0 saturated carbocycles. The molecule has 0 fully saturated rings. The average molecular weight is 347 g/mol. The lowest BCUT2D eigenvalue weighted by molar-refractivity contribution is -0.119. The van der Waals surface area contributed by atoms with Gasteiger partial charge in [0.2, 0.25) is 5.91 Å². The zero-order valence-corrected chi connectivity index (χ0v) is 13.2. The summed E-state index contributed by atoms with van der Waals surface area (Å²) in [5.41, 5.74) is 2.42. The summed E-state index contributed by atoms with van der Waals surface area (Å²) < 4.78 is 2.75. The number of aromatic nitrogens is 1. The third-order valence-electron chi connectivity index (χ3n) is 3.79. The molecule has 1 unspecified atom stereocenters. The topological polar surface area (TPSA) is 51.1 Å². The number of nitrogens with zero attached hydrogens (tertiary/aromatic N) is 1. The maximum Gasteiger partial charge on any atom is 0.247 e. The molecular weight excluding hydrogens is 332 g/mol. The van der Waals surface area contributed by atoms with Gasteiger partial charge in [0.05, 0.1) is 5.69 Å². The maximum atomic E-state index is 12.5. The van der Waals surface area contributed by atoms with Crippen molar-refractivity contribution in [2.24, 2.45) is 0 Å². The van der Waals surface area contributed by atoms with Crippen LogP contribution in [0.4, 0.5) is 5.69 Å². The predicted molar refractivity (Wildman–Crippen MR) is 84.5 cm³/mol. The van der Waals surface area contributed by atoms with Crippen molar-refractivity contribution in [2.75, 3.05) is 5.32 Å². The molecule has 4 nitrogen and oxygen atoms in total. The standard InChI is InChI=1S/C16H15BrN2O2/c1-10-9-11(17)4-5-12(10)18-16(21)14-6-7-15(20)13-3-2-8-19(13)14/h2-5,8-9,14H,6-7H2,1H3,(H,18,21). The van der Waals surface area contributed by atoms with Crippen molar-refractivity contribution in [1.82, 2.24) is 4.57 Å². The summed E-state index contributed by atoms with van der Waals surface area (Å²) in [5.74, 6) is 0.0224. The van der Waals surface area contributed by atoms with Crippen molar-refractivity contribution in [3.8, 4) is 0 Å². The highest BCUT2D eigenvalue weighted by atomic mass is 79.9. The molecule has 2 aromatic rings. The Hall–Kier alpha value is -1.88. The number of aryl methyl sites for hydroxylation is 1. The Bertz CT molecular complexity index is 721. The fraction of sp³-hybridized carbons (Fsp3) is 0.250. The van der Waals surface area contributed by atoms with Gasteiger partial charge in [-0.2, -0.15) is 0 Å². The molecule has 0 aliphatic carbocycles. The van der Waals surface area contributed by atoms with Gasteiger partial charge in [0.1, 0.15) is 6.04 Å². The highest BCUT2D eigenvalue weighted by molar-refractivity contribution is 9.10. The molecule has 1 amide bonds. The summed E-state index contributed by atoms with van der Waals surface area (Å²) in [6.07, 6.45) is 2.76. The zero-order valence-electron chi connectivity index (χ0n) is 11.6. The lowest BCUT2D eigenvalue weighted by atomic mass is 10.0. The molecule has 0 radical (unpaired) electrons. The average Bonchev–Trinajstić information content (AvgIpc) is 2.92. The van der Waals surface area contributed by atoms with Gasteiger partial charge in [-0.3, -0.25) is 9.59 Å². The third-order valence-corrected chi connectivity index (χ3v) is 4.29. The van der Waals surface area contributed by atoms with E-state index in [0.29, 0.717) is 18.5 Å². The van der Waals surface area contributed by atoms with Crippen LogP contribution in [0, 0.1) is 6.92 Å². The van der Waals surface area contributed by atoms with Crippen LogP contribution in [-0.2, 0) is 4.79 Å². The quantitative estimate of drug-likeness (QED) is 0.900. The van der Waals surface area contributed by atoms with Gasteiger partial charge in [-0.15, -0.1) is 0 Å². The van der Waals surface area contributed by atoms with Crippen LogP contribution < -0.4 is 5.32 Å². The molecule has 1 aliphatic heterocycles. The van der Waals surface area contributed by atoms with Gasteiger partial charge < -0.3 is 9.88 Å². The first-order chi connectivity index (χ1) is 10.1. The minimum atomic E-state index is -0.323. The molecule has 3 rings (SSSR count). The van der Waals surface area contributed by atoms with Crippen LogP contribution in [0.3, 0.4) is 0 Å². The van der Waals surface area contributed by atoms with Crippen molar-refractivity contribution < 1.29 is 9.59 Å². The number of anilines is 1. The largest absolute Gasteiger partial charge is 0.333 e. The van der Waals surface area contributed by atoms with E-state index in [2.05, 4.69) is 21.2 Å². The van der Waals surface area contributed by atoms with E-state index in [4.69, 9.17) is 0 Å². The normalized spacial score (nSPS) is 17.4. The number of ketones is 1. The summed E-state index contributed by atoms with van der Waals surface area (Å²) in [5, 5.41) is 2.96. The zero-order chi connectivity index (χ0) is 15.0. The van der Waals surface area contributed by atoms with Gasteiger partial charge in [-0.25, -0.2) is 0 Å². The first-order valence-corrected chi connectivity index (χ1v) is 7.62. The second kappa shape index (κ2) is 5.48. The number of hydrogen-bond acceptors (Lipinski definition) is 2. The van der Waals surface area contributed by atoms with Crippen molar-refractivity contribution in [3.05, 3.63) is 52.3 Å². The summed E-state index contributed by atoms with van der Waals surface area (Å²) in [6.45, 7) is 1.95. The van der Waals surface area contributed by atoms with E-state index in [1.54, 1.807) is 16.8 Å². The number of halogens is 1. The van der Waals surface area contributed by atoms with Gasteiger partial charge in [-0.1, -0.05) is 15.9 Å². The lowest BCUT2D eigenvalue weighted by Crippen LogP contribution is -2.31. The van der Waals surface area contributed by atoms with E-state index in [0.717, 1.165) is 15.7 Å². The molecule has 2 heterocycles. The molecule has 1 aliphatic rings. The Balaban J connectivity index is 1.84. The summed E-state index contributed by atoms with van der Waals surface area (Å²) in [7, 11) is 0. The number of rotatable bonds is 2. The summed E-state index contributed by atoms with van der Waals surface area (Å²) >= 11 is 3.41. The molecule has 1 atom stereocenters. The highest BCUT2D eigenvalue weighted by Gasteiger charge is 2.29.